The van der Waals surface area contributed by atoms with Gasteiger partial charge in [0.1, 0.15) is 11.3 Å². The van der Waals surface area contributed by atoms with Gasteiger partial charge in [-0.2, -0.15) is 0 Å². The number of ether oxygens (including phenoxy) is 1. The third kappa shape index (κ3) is 2.18. The Balaban J connectivity index is 2.16. The van der Waals surface area contributed by atoms with Crippen LogP contribution in [0.15, 0.2) is 36.4 Å². The number of methoxy groups -OCH3 is 1. The van der Waals surface area contributed by atoms with E-state index in [4.69, 9.17) is 10.5 Å². The number of halogens is 2. The number of hydrogen-bond donors (Lipinski definition) is 1. The first-order valence-corrected chi connectivity index (χ1v) is 6.33. The van der Waals surface area contributed by atoms with Gasteiger partial charge in [-0.25, -0.2) is 13.8 Å². The summed E-state index contributed by atoms with van der Waals surface area (Å²) >= 11 is 0. The number of fused-ring (bicyclic) bond motifs is 1. The summed E-state index contributed by atoms with van der Waals surface area (Å²) < 4.78 is 34.2. The molecule has 0 amide bonds. The molecule has 0 aliphatic carbocycles. The van der Waals surface area contributed by atoms with Gasteiger partial charge in [0.05, 0.1) is 19.2 Å². The third-order valence-corrected chi connectivity index (χ3v) is 3.35. The number of aromatic nitrogens is 2. The quantitative estimate of drug-likeness (QED) is 0.806. The van der Waals surface area contributed by atoms with E-state index in [0.717, 1.165) is 11.6 Å². The molecule has 2 aromatic carbocycles. The fourth-order valence-electron chi connectivity index (χ4n) is 2.34. The highest BCUT2D eigenvalue weighted by Crippen LogP contribution is 2.26. The molecule has 4 nitrogen and oxygen atoms in total. The van der Waals surface area contributed by atoms with E-state index in [1.165, 1.54) is 10.6 Å². The van der Waals surface area contributed by atoms with Crippen LogP contribution in [-0.4, -0.2) is 16.7 Å². The minimum Gasteiger partial charge on any atom is -0.496 e. The van der Waals surface area contributed by atoms with Crippen molar-refractivity contribution in [1.82, 2.24) is 9.55 Å². The molecular formula is C15H13F2N3O. The molecule has 6 heteroatoms. The molecule has 21 heavy (non-hydrogen) atoms. The average molecular weight is 289 g/mol. The van der Waals surface area contributed by atoms with E-state index in [1.54, 1.807) is 13.2 Å². The lowest BCUT2D eigenvalue weighted by molar-refractivity contribution is 0.408. The molecule has 108 valence electrons. The number of nitrogen functional groups attached to an aromatic ring is 1. The zero-order valence-corrected chi connectivity index (χ0v) is 11.3. The molecule has 1 aromatic heterocycles. The maximum atomic E-state index is 14.0. The van der Waals surface area contributed by atoms with Crippen LogP contribution in [0.1, 0.15) is 5.56 Å². The Bertz CT molecular complexity index is 814. The summed E-state index contributed by atoms with van der Waals surface area (Å²) in [5.74, 6) is -1.11. The first kappa shape index (κ1) is 13.4. The van der Waals surface area contributed by atoms with Crippen LogP contribution in [-0.2, 0) is 6.54 Å². The van der Waals surface area contributed by atoms with Crippen molar-refractivity contribution < 1.29 is 13.5 Å². The van der Waals surface area contributed by atoms with Crippen molar-refractivity contribution in [2.45, 2.75) is 6.54 Å². The Morgan fingerprint density at radius 1 is 1.19 bits per heavy atom. The van der Waals surface area contributed by atoms with Crippen LogP contribution in [0.5, 0.6) is 5.75 Å². The molecule has 0 fully saturated rings. The Labute approximate surface area is 119 Å². The van der Waals surface area contributed by atoms with Gasteiger partial charge < -0.3 is 15.0 Å². The first-order chi connectivity index (χ1) is 10.1. The van der Waals surface area contributed by atoms with Crippen molar-refractivity contribution in [3.8, 4) is 5.75 Å². The van der Waals surface area contributed by atoms with Crippen molar-refractivity contribution in [2.24, 2.45) is 0 Å². The van der Waals surface area contributed by atoms with Gasteiger partial charge in [0.2, 0.25) is 5.95 Å². The first-order valence-electron chi connectivity index (χ1n) is 6.33. The van der Waals surface area contributed by atoms with Crippen molar-refractivity contribution in [3.63, 3.8) is 0 Å². The second-order valence-electron chi connectivity index (χ2n) is 4.60. The predicted octanol–water partition coefficient (Wildman–Crippen LogP) is 2.95. The Kier molecular flexibility index (Phi) is 3.21. The monoisotopic (exact) mass is 289 g/mol. The topological polar surface area (TPSA) is 53.1 Å². The van der Waals surface area contributed by atoms with Gasteiger partial charge in [0.15, 0.2) is 11.6 Å². The van der Waals surface area contributed by atoms with Gasteiger partial charge in [-0.15, -0.1) is 0 Å². The fourth-order valence-corrected chi connectivity index (χ4v) is 2.34. The molecule has 0 radical (unpaired) electrons. The molecule has 0 aliphatic rings. The molecule has 0 saturated carbocycles. The normalized spacial score (nSPS) is 11.0. The molecule has 3 rings (SSSR count). The lowest BCUT2D eigenvalue weighted by Gasteiger charge is -2.11. The standard InChI is InChI=1S/C15H13F2N3O/c1-21-12-5-3-2-4-9(12)8-20-14-11(19-15(20)18)7-6-10(16)13(14)17/h2-7H,8H2,1H3,(H2,18,19). The maximum absolute atomic E-state index is 14.0. The number of nitrogens with zero attached hydrogens (tertiary/aromatic N) is 2. The molecule has 3 aromatic rings. The highest BCUT2D eigenvalue weighted by molar-refractivity contribution is 5.79. The van der Waals surface area contributed by atoms with Gasteiger partial charge in [-0.05, 0) is 18.2 Å². The van der Waals surface area contributed by atoms with Gasteiger partial charge >= 0.3 is 0 Å². The summed E-state index contributed by atoms with van der Waals surface area (Å²) in [4.78, 5) is 4.06. The molecule has 1 heterocycles. The number of imidazole rings is 1. The Morgan fingerprint density at radius 3 is 2.71 bits per heavy atom. The van der Waals surface area contributed by atoms with E-state index in [-0.39, 0.29) is 18.0 Å². The maximum Gasteiger partial charge on any atom is 0.201 e. The van der Waals surface area contributed by atoms with Gasteiger partial charge in [-0.1, -0.05) is 18.2 Å². The zero-order chi connectivity index (χ0) is 15.0. The highest BCUT2D eigenvalue weighted by Gasteiger charge is 2.17. The molecule has 0 spiro atoms. The second kappa shape index (κ2) is 5.05. The largest absolute Gasteiger partial charge is 0.496 e. The number of benzene rings is 2. The minimum absolute atomic E-state index is 0.0541. The number of rotatable bonds is 3. The molecule has 0 unspecified atom stereocenters. The van der Waals surface area contributed by atoms with Crippen LogP contribution in [0, 0.1) is 11.6 Å². The van der Waals surface area contributed by atoms with Crippen LogP contribution in [0.2, 0.25) is 0 Å². The highest BCUT2D eigenvalue weighted by atomic mass is 19.2. The summed E-state index contributed by atoms with van der Waals surface area (Å²) in [5.41, 5.74) is 7.01. The SMILES string of the molecule is COc1ccccc1Cn1c(N)nc2ccc(F)c(F)c21. The van der Waals surface area contributed by atoms with E-state index >= 15 is 0 Å². The molecule has 0 saturated heterocycles. The van der Waals surface area contributed by atoms with Crippen molar-refractivity contribution in [2.75, 3.05) is 12.8 Å². The average Bonchev–Trinajstić information content (AvgIpc) is 2.80. The molecule has 0 bridgehead atoms. The van der Waals surface area contributed by atoms with Crippen molar-refractivity contribution in [3.05, 3.63) is 53.6 Å². The van der Waals surface area contributed by atoms with E-state index in [1.807, 2.05) is 18.2 Å². The summed E-state index contributed by atoms with van der Waals surface area (Å²) in [6, 6.07) is 9.74. The Hall–Kier alpha value is -2.63. The van der Waals surface area contributed by atoms with Crippen LogP contribution < -0.4 is 10.5 Å². The van der Waals surface area contributed by atoms with Crippen LogP contribution in [0.3, 0.4) is 0 Å². The molecule has 2 N–H and O–H groups in total. The lowest BCUT2D eigenvalue weighted by atomic mass is 10.2. The van der Waals surface area contributed by atoms with E-state index < -0.39 is 11.6 Å². The van der Waals surface area contributed by atoms with Gasteiger partial charge in [0, 0.05) is 5.56 Å². The number of para-hydroxylation sites is 1. The van der Waals surface area contributed by atoms with E-state index in [2.05, 4.69) is 4.98 Å². The predicted molar refractivity (Wildman–Crippen MR) is 76.2 cm³/mol. The van der Waals surface area contributed by atoms with Crippen LogP contribution >= 0.6 is 0 Å². The fraction of sp³-hybridized carbons (Fsp3) is 0.133. The zero-order valence-electron chi connectivity index (χ0n) is 11.3. The van der Waals surface area contributed by atoms with Gasteiger partial charge in [-0.3, -0.25) is 0 Å². The van der Waals surface area contributed by atoms with E-state index in [0.29, 0.717) is 11.3 Å². The smallest absolute Gasteiger partial charge is 0.201 e. The van der Waals surface area contributed by atoms with Gasteiger partial charge in [0.25, 0.3) is 0 Å². The number of nitrogens with two attached hydrogens (primary N) is 1. The van der Waals surface area contributed by atoms with Crippen molar-refractivity contribution in [1.29, 1.82) is 0 Å². The Morgan fingerprint density at radius 2 is 1.95 bits per heavy atom. The molecular weight excluding hydrogens is 276 g/mol. The summed E-state index contributed by atoms with van der Waals surface area (Å²) in [6.07, 6.45) is 0. The summed E-state index contributed by atoms with van der Waals surface area (Å²) in [5, 5.41) is 0. The van der Waals surface area contributed by atoms with Crippen molar-refractivity contribution >= 4 is 17.0 Å². The number of anilines is 1. The summed E-state index contributed by atoms with van der Waals surface area (Å²) in [6.45, 7) is 0.243. The minimum atomic E-state index is -0.952. The van der Waals surface area contributed by atoms with Crippen LogP contribution in [0.4, 0.5) is 14.7 Å². The van der Waals surface area contributed by atoms with Crippen LogP contribution in [0.25, 0.3) is 11.0 Å². The summed E-state index contributed by atoms with van der Waals surface area (Å²) in [7, 11) is 1.55. The lowest BCUT2D eigenvalue weighted by Crippen LogP contribution is -2.07. The second-order valence-corrected chi connectivity index (χ2v) is 4.60. The molecule has 0 aliphatic heterocycles. The third-order valence-electron chi connectivity index (χ3n) is 3.35. The molecule has 0 atom stereocenters. The number of hydrogen-bond acceptors (Lipinski definition) is 3. The van der Waals surface area contributed by atoms with E-state index in [9.17, 15) is 8.78 Å².